The Hall–Kier alpha value is -2.90. The number of ether oxygens (including phenoxy) is 2. The van der Waals surface area contributed by atoms with E-state index < -0.39 is 0 Å². The van der Waals surface area contributed by atoms with Gasteiger partial charge in [-0.3, -0.25) is 9.59 Å². The molecule has 1 amide bonds. The summed E-state index contributed by atoms with van der Waals surface area (Å²) >= 11 is 0. The van der Waals surface area contributed by atoms with Crippen LogP contribution in [0.15, 0.2) is 35.5 Å². The van der Waals surface area contributed by atoms with Crippen LogP contribution in [-0.2, 0) is 7.05 Å². The molecule has 0 N–H and O–H groups in total. The first-order valence-electron chi connectivity index (χ1n) is 8.06. The zero-order valence-corrected chi connectivity index (χ0v) is 14.2. The van der Waals surface area contributed by atoms with E-state index in [4.69, 9.17) is 9.47 Å². The highest BCUT2D eigenvalue weighted by molar-refractivity contribution is 5.93. The van der Waals surface area contributed by atoms with Crippen LogP contribution in [-0.4, -0.2) is 51.6 Å². The summed E-state index contributed by atoms with van der Waals surface area (Å²) in [4.78, 5) is 34.7. The second kappa shape index (κ2) is 7.33. The molecule has 1 atom stereocenters. The summed E-state index contributed by atoms with van der Waals surface area (Å²) in [7, 11) is 3.13. The number of carbonyl (C=O) groups is 1. The number of pyridine rings is 1. The van der Waals surface area contributed by atoms with E-state index in [1.54, 1.807) is 30.3 Å². The molecule has 2 aromatic rings. The van der Waals surface area contributed by atoms with Gasteiger partial charge in [0.2, 0.25) is 0 Å². The van der Waals surface area contributed by atoms with Crippen LogP contribution in [0.2, 0.25) is 0 Å². The van der Waals surface area contributed by atoms with Crippen LogP contribution in [0.4, 0.5) is 0 Å². The Labute approximate surface area is 145 Å². The van der Waals surface area contributed by atoms with Gasteiger partial charge in [0, 0.05) is 32.2 Å². The van der Waals surface area contributed by atoms with Crippen molar-refractivity contribution in [2.45, 2.75) is 18.9 Å². The molecule has 0 aromatic carbocycles. The van der Waals surface area contributed by atoms with Gasteiger partial charge in [0.25, 0.3) is 23.2 Å². The number of amides is 1. The summed E-state index contributed by atoms with van der Waals surface area (Å²) in [5.74, 6) is 0.336. The van der Waals surface area contributed by atoms with Crippen molar-refractivity contribution in [2.24, 2.45) is 7.05 Å². The highest BCUT2D eigenvalue weighted by Crippen LogP contribution is 2.24. The molecule has 0 spiro atoms. The van der Waals surface area contributed by atoms with Crippen molar-refractivity contribution >= 4 is 5.91 Å². The molecule has 1 aliphatic heterocycles. The molecular weight excluding hydrogens is 324 g/mol. The van der Waals surface area contributed by atoms with Gasteiger partial charge >= 0.3 is 0 Å². The molecule has 132 valence electrons. The average molecular weight is 344 g/mol. The van der Waals surface area contributed by atoms with Crippen LogP contribution >= 0.6 is 0 Å². The summed E-state index contributed by atoms with van der Waals surface area (Å²) in [5.41, 5.74) is -0.131. The first-order chi connectivity index (χ1) is 12.1. The van der Waals surface area contributed by atoms with Crippen molar-refractivity contribution in [2.75, 3.05) is 20.2 Å². The van der Waals surface area contributed by atoms with Gasteiger partial charge in [-0.1, -0.05) is 0 Å². The lowest BCUT2D eigenvalue weighted by Gasteiger charge is -2.32. The Morgan fingerprint density at radius 1 is 1.28 bits per heavy atom. The molecule has 8 heteroatoms. The van der Waals surface area contributed by atoms with Gasteiger partial charge in [-0.25, -0.2) is 9.97 Å². The number of carbonyl (C=O) groups excluding carboxylic acids is 1. The van der Waals surface area contributed by atoms with Crippen molar-refractivity contribution in [1.82, 2.24) is 19.4 Å². The van der Waals surface area contributed by atoms with Crippen LogP contribution in [0.5, 0.6) is 11.8 Å². The van der Waals surface area contributed by atoms with Crippen LogP contribution in [0.1, 0.15) is 23.2 Å². The van der Waals surface area contributed by atoms with E-state index in [0.717, 1.165) is 12.8 Å². The van der Waals surface area contributed by atoms with Gasteiger partial charge in [-0.2, -0.15) is 0 Å². The maximum atomic E-state index is 12.7. The summed E-state index contributed by atoms with van der Waals surface area (Å²) in [6, 6.07) is 3.25. The molecule has 25 heavy (non-hydrogen) atoms. The average Bonchev–Trinajstić information content (AvgIpc) is 2.64. The molecular formula is C17H20N4O4. The monoisotopic (exact) mass is 344 g/mol. The zero-order chi connectivity index (χ0) is 17.8. The van der Waals surface area contributed by atoms with Crippen LogP contribution in [0, 0.1) is 0 Å². The molecule has 1 aliphatic rings. The molecule has 1 fully saturated rings. The standard InChI is InChI=1S/C17H20N4O4/c1-20-9-4-6-13(16(20)22)17(23)21-10-3-5-12(11-21)25-15-14(24-2)18-7-8-19-15/h4,6-9,12H,3,5,10-11H2,1-2H3/t12-/m0/s1. The van der Waals surface area contributed by atoms with Crippen molar-refractivity contribution in [3.8, 4) is 11.8 Å². The number of aromatic nitrogens is 3. The fourth-order valence-electron chi connectivity index (χ4n) is 2.84. The molecule has 0 saturated carbocycles. The molecule has 8 nitrogen and oxygen atoms in total. The quantitative estimate of drug-likeness (QED) is 0.818. The third-order valence-corrected chi connectivity index (χ3v) is 4.12. The topological polar surface area (TPSA) is 86.6 Å². The Morgan fingerprint density at radius 3 is 2.80 bits per heavy atom. The molecule has 0 unspecified atom stereocenters. The van der Waals surface area contributed by atoms with Crippen LogP contribution < -0.4 is 15.0 Å². The molecule has 0 radical (unpaired) electrons. The number of rotatable bonds is 4. The van der Waals surface area contributed by atoms with Crippen molar-refractivity contribution in [1.29, 1.82) is 0 Å². The second-order valence-electron chi connectivity index (χ2n) is 5.84. The van der Waals surface area contributed by atoms with Crippen LogP contribution in [0.25, 0.3) is 0 Å². The van der Waals surface area contributed by atoms with Gasteiger partial charge in [0.1, 0.15) is 11.7 Å². The van der Waals surface area contributed by atoms with E-state index in [2.05, 4.69) is 9.97 Å². The summed E-state index contributed by atoms with van der Waals surface area (Å²) < 4.78 is 12.4. The largest absolute Gasteiger partial charge is 0.477 e. The third kappa shape index (κ3) is 3.62. The van der Waals surface area contributed by atoms with E-state index in [9.17, 15) is 9.59 Å². The number of nitrogens with zero attached hydrogens (tertiary/aromatic N) is 4. The summed E-state index contributed by atoms with van der Waals surface area (Å²) in [6.07, 6.45) is 6.02. The number of hydrogen-bond donors (Lipinski definition) is 0. The minimum atomic E-state index is -0.300. The Kier molecular flexibility index (Phi) is 4.97. The van der Waals surface area contributed by atoms with Gasteiger partial charge in [0.15, 0.2) is 0 Å². The molecule has 3 heterocycles. The van der Waals surface area contributed by atoms with Crippen molar-refractivity contribution < 1.29 is 14.3 Å². The van der Waals surface area contributed by atoms with Gasteiger partial charge < -0.3 is 18.9 Å². The molecule has 1 saturated heterocycles. The summed E-state index contributed by atoms with van der Waals surface area (Å²) in [6.45, 7) is 0.977. The SMILES string of the molecule is COc1nccnc1O[C@H]1CCCN(C(=O)c2cccn(C)c2=O)C1. The number of hydrogen-bond acceptors (Lipinski definition) is 6. The maximum Gasteiger partial charge on any atom is 0.278 e. The molecule has 3 rings (SSSR count). The lowest BCUT2D eigenvalue weighted by molar-refractivity contribution is 0.0517. The number of likely N-dealkylation sites (tertiary alicyclic amines) is 1. The minimum absolute atomic E-state index is 0.169. The van der Waals surface area contributed by atoms with E-state index in [1.165, 1.54) is 24.1 Å². The molecule has 0 bridgehead atoms. The van der Waals surface area contributed by atoms with E-state index in [-0.39, 0.29) is 23.1 Å². The normalized spacial score (nSPS) is 17.2. The van der Waals surface area contributed by atoms with Gasteiger partial charge in [0.05, 0.1) is 13.7 Å². The Balaban J connectivity index is 1.74. The predicted molar refractivity (Wildman–Crippen MR) is 89.8 cm³/mol. The van der Waals surface area contributed by atoms with Gasteiger partial charge in [-0.05, 0) is 25.0 Å². The summed E-state index contributed by atoms with van der Waals surface area (Å²) in [5, 5.41) is 0. The molecule has 0 aliphatic carbocycles. The number of methoxy groups -OCH3 is 1. The highest BCUT2D eigenvalue weighted by Gasteiger charge is 2.28. The van der Waals surface area contributed by atoms with E-state index >= 15 is 0 Å². The zero-order valence-electron chi connectivity index (χ0n) is 14.2. The Morgan fingerprint density at radius 2 is 2.04 bits per heavy atom. The second-order valence-corrected chi connectivity index (χ2v) is 5.84. The van der Waals surface area contributed by atoms with E-state index in [0.29, 0.717) is 24.8 Å². The van der Waals surface area contributed by atoms with Crippen LogP contribution in [0.3, 0.4) is 0 Å². The lowest BCUT2D eigenvalue weighted by atomic mass is 10.1. The fraction of sp³-hybridized carbons (Fsp3) is 0.412. The third-order valence-electron chi connectivity index (χ3n) is 4.12. The predicted octanol–water partition coefficient (Wildman–Crippen LogP) is 0.867. The smallest absolute Gasteiger partial charge is 0.278 e. The maximum absolute atomic E-state index is 12.7. The highest BCUT2D eigenvalue weighted by atomic mass is 16.5. The molecule has 2 aromatic heterocycles. The first kappa shape index (κ1) is 16.9. The Bertz CT molecular complexity index is 820. The number of aryl methyl sites for hydroxylation is 1. The minimum Gasteiger partial charge on any atom is -0.477 e. The number of piperidine rings is 1. The van der Waals surface area contributed by atoms with Gasteiger partial charge in [-0.15, -0.1) is 0 Å². The van der Waals surface area contributed by atoms with Crippen molar-refractivity contribution in [3.63, 3.8) is 0 Å². The lowest BCUT2D eigenvalue weighted by Crippen LogP contribution is -2.46. The fourth-order valence-corrected chi connectivity index (χ4v) is 2.84. The van der Waals surface area contributed by atoms with E-state index in [1.807, 2.05) is 0 Å². The van der Waals surface area contributed by atoms with Crippen molar-refractivity contribution in [3.05, 3.63) is 46.6 Å². The first-order valence-corrected chi connectivity index (χ1v) is 8.06.